The predicted molar refractivity (Wildman–Crippen MR) is 72.5 cm³/mol. The first-order chi connectivity index (χ1) is 10.3. The number of non-ortho nitro benzene ring substituents is 1. The van der Waals surface area contributed by atoms with Crippen LogP contribution < -0.4 is 5.32 Å². The van der Waals surface area contributed by atoms with E-state index in [-0.39, 0.29) is 23.2 Å². The van der Waals surface area contributed by atoms with Gasteiger partial charge in [-0.25, -0.2) is 9.97 Å². The van der Waals surface area contributed by atoms with Crippen LogP contribution in [-0.2, 0) is 12.7 Å². The number of nitrogens with one attached hydrogen (secondary N) is 1. The summed E-state index contributed by atoms with van der Waals surface area (Å²) in [5.74, 6) is -1.43. The van der Waals surface area contributed by atoms with Gasteiger partial charge < -0.3 is 5.32 Å². The van der Waals surface area contributed by atoms with Crippen LogP contribution in [0, 0.1) is 10.1 Å². The van der Waals surface area contributed by atoms with Crippen molar-refractivity contribution >= 4 is 23.1 Å². The Morgan fingerprint density at radius 3 is 2.41 bits per heavy atom. The molecule has 2 rings (SSSR count). The van der Waals surface area contributed by atoms with Gasteiger partial charge in [-0.05, 0) is 5.56 Å². The van der Waals surface area contributed by atoms with E-state index in [0.717, 1.165) is 6.07 Å². The second kappa shape index (κ2) is 6.14. The molecule has 0 bridgehead atoms. The second-order valence-corrected chi connectivity index (χ2v) is 4.56. The Bertz CT molecular complexity index is 692. The fraction of sp³-hybridized carbons (Fsp3) is 0.167. The van der Waals surface area contributed by atoms with E-state index in [9.17, 15) is 23.3 Å². The van der Waals surface area contributed by atoms with Gasteiger partial charge in [0.25, 0.3) is 5.69 Å². The number of hydrogen-bond donors (Lipinski definition) is 1. The van der Waals surface area contributed by atoms with Crippen molar-refractivity contribution in [2.24, 2.45) is 0 Å². The monoisotopic (exact) mass is 332 g/mol. The van der Waals surface area contributed by atoms with E-state index >= 15 is 0 Å². The summed E-state index contributed by atoms with van der Waals surface area (Å²) < 4.78 is 37.7. The molecule has 1 N–H and O–H groups in total. The first-order valence-corrected chi connectivity index (χ1v) is 6.22. The Kier molecular flexibility index (Phi) is 4.45. The molecule has 22 heavy (non-hydrogen) atoms. The van der Waals surface area contributed by atoms with Gasteiger partial charge in [-0.2, -0.15) is 13.2 Å². The Labute approximate surface area is 127 Å². The van der Waals surface area contributed by atoms with Crippen LogP contribution in [0.25, 0.3) is 0 Å². The molecule has 0 atom stereocenters. The van der Waals surface area contributed by atoms with Gasteiger partial charge in [0, 0.05) is 24.7 Å². The number of rotatable bonds is 4. The molecule has 1 aromatic carbocycles. The van der Waals surface area contributed by atoms with E-state index < -0.39 is 16.9 Å². The quantitative estimate of drug-likeness (QED) is 0.525. The molecule has 0 aliphatic heterocycles. The normalized spacial score (nSPS) is 11.3. The number of nitrogens with zero attached hydrogens (tertiary/aromatic N) is 3. The van der Waals surface area contributed by atoms with Crippen molar-refractivity contribution in [3.05, 3.63) is 57.0 Å². The summed E-state index contributed by atoms with van der Waals surface area (Å²) in [6.45, 7) is 0.128. The molecule has 0 unspecified atom stereocenters. The third kappa shape index (κ3) is 4.04. The molecule has 10 heteroatoms. The highest BCUT2D eigenvalue weighted by Crippen LogP contribution is 2.28. The lowest BCUT2D eigenvalue weighted by atomic mass is 10.2. The van der Waals surface area contributed by atoms with Gasteiger partial charge in [0.1, 0.15) is 11.0 Å². The van der Waals surface area contributed by atoms with E-state index in [2.05, 4.69) is 15.3 Å². The summed E-state index contributed by atoms with van der Waals surface area (Å²) in [6, 6.07) is 6.72. The zero-order chi connectivity index (χ0) is 16.3. The lowest BCUT2D eigenvalue weighted by Crippen LogP contribution is -2.13. The molecule has 0 saturated heterocycles. The van der Waals surface area contributed by atoms with Gasteiger partial charge in [-0.3, -0.25) is 10.1 Å². The van der Waals surface area contributed by atoms with E-state index in [1.54, 1.807) is 0 Å². The lowest BCUT2D eigenvalue weighted by molar-refractivity contribution is -0.384. The summed E-state index contributed by atoms with van der Waals surface area (Å²) in [4.78, 5) is 16.4. The van der Waals surface area contributed by atoms with Crippen LogP contribution in [0.4, 0.5) is 24.7 Å². The summed E-state index contributed by atoms with van der Waals surface area (Å²) >= 11 is 5.53. The van der Waals surface area contributed by atoms with Crippen LogP contribution >= 0.6 is 11.6 Å². The maximum atomic E-state index is 12.6. The third-order valence-corrected chi connectivity index (χ3v) is 2.76. The van der Waals surface area contributed by atoms with Crippen molar-refractivity contribution < 1.29 is 18.1 Å². The van der Waals surface area contributed by atoms with Gasteiger partial charge >= 0.3 is 6.18 Å². The molecule has 2 aromatic rings. The number of nitro benzene ring substituents is 1. The number of alkyl halides is 3. The topological polar surface area (TPSA) is 81.0 Å². The minimum absolute atomic E-state index is 0.0758. The first kappa shape index (κ1) is 16.0. The van der Waals surface area contributed by atoms with Gasteiger partial charge in [0.2, 0.25) is 5.82 Å². The maximum Gasteiger partial charge on any atom is 0.451 e. The Hall–Kier alpha value is -2.42. The zero-order valence-corrected chi connectivity index (χ0v) is 11.5. The van der Waals surface area contributed by atoms with E-state index in [4.69, 9.17) is 11.6 Å². The Morgan fingerprint density at radius 2 is 1.86 bits per heavy atom. The fourth-order valence-corrected chi connectivity index (χ4v) is 1.75. The molecular weight excluding hydrogens is 325 g/mol. The minimum atomic E-state index is -4.70. The van der Waals surface area contributed by atoms with Crippen LogP contribution in [0.15, 0.2) is 30.3 Å². The van der Waals surface area contributed by atoms with Crippen LogP contribution in [0.3, 0.4) is 0 Å². The number of nitro groups is 1. The molecule has 6 nitrogen and oxygen atoms in total. The van der Waals surface area contributed by atoms with Crippen LogP contribution in [-0.4, -0.2) is 14.9 Å². The van der Waals surface area contributed by atoms with E-state index in [1.807, 2.05) is 0 Å². The smallest absolute Gasteiger partial charge is 0.366 e. The highest BCUT2D eigenvalue weighted by Gasteiger charge is 2.35. The molecule has 1 aromatic heterocycles. The number of aromatic nitrogens is 2. The van der Waals surface area contributed by atoms with E-state index in [0.29, 0.717) is 5.56 Å². The average molecular weight is 333 g/mol. The molecule has 0 spiro atoms. The Morgan fingerprint density at radius 1 is 1.23 bits per heavy atom. The van der Waals surface area contributed by atoms with Gasteiger partial charge in [-0.15, -0.1) is 0 Å². The van der Waals surface area contributed by atoms with E-state index in [1.165, 1.54) is 24.3 Å². The summed E-state index contributed by atoms with van der Waals surface area (Å²) in [6.07, 6.45) is -4.70. The highest BCUT2D eigenvalue weighted by atomic mass is 35.5. The highest BCUT2D eigenvalue weighted by molar-refractivity contribution is 6.29. The first-order valence-electron chi connectivity index (χ1n) is 5.84. The van der Waals surface area contributed by atoms with Crippen LogP contribution in [0.5, 0.6) is 0 Å². The molecule has 0 aliphatic carbocycles. The van der Waals surface area contributed by atoms with Crippen molar-refractivity contribution in [3.63, 3.8) is 0 Å². The van der Waals surface area contributed by atoms with Crippen molar-refractivity contribution in [2.45, 2.75) is 12.7 Å². The van der Waals surface area contributed by atoms with Gasteiger partial charge in [-0.1, -0.05) is 23.7 Å². The number of anilines is 1. The molecule has 0 amide bonds. The molecule has 0 aliphatic rings. The summed E-state index contributed by atoms with van der Waals surface area (Å²) in [5, 5.41) is 12.8. The van der Waals surface area contributed by atoms with Gasteiger partial charge in [0.15, 0.2) is 0 Å². The second-order valence-electron chi connectivity index (χ2n) is 4.17. The SMILES string of the molecule is O=[N+]([O-])c1ccc(CNc2cc(Cl)nc(C(F)(F)F)n2)cc1. The number of benzene rings is 1. The summed E-state index contributed by atoms with van der Waals surface area (Å²) in [5.41, 5.74) is 0.557. The zero-order valence-electron chi connectivity index (χ0n) is 10.8. The molecule has 1 heterocycles. The average Bonchev–Trinajstić information content (AvgIpc) is 2.44. The largest absolute Gasteiger partial charge is 0.451 e. The van der Waals surface area contributed by atoms with Crippen molar-refractivity contribution in [3.8, 4) is 0 Å². The van der Waals surface area contributed by atoms with Crippen molar-refractivity contribution in [1.29, 1.82) is 0 Å². The standard InChI is InChI=1S/C12H8ClF3N4O2/c13-9-5-10(19-11(18-9)12(14,15)16)17-6-7-1-3-8(4-2-7)20(21)22/h1-5H,6H2,(H,17,18,19). The minimum Gasteiger partial charge on any atom is -0.366 e. The van der Waals surface area contributed by atoms with Crippen molar-refractivity contribution in [1.82, 2.24) is 9.97 Å². The Balaban J connectivity index is 2.11. The molecular formula is C12H8ClF3N4O2. The van der Waals surface area contributed by atoms with Crippen LogP contribution in [0.2, 0.25) is 5.15 Å². The number of halogens is 4. The fourth-order valence-electron chi connectivity index (χ4n) is 1.56. The van der Waals surface area contributed by atoms with Gasteiger partial charge in [0.05, 0.1) is 4.92 Å². The molecule has 0 fully saturated rings. The van der Waals surface area contributed by atoms with Crippen molar-refractivity contribution in [2.75, 3.05) is 5.32 Å². The lowest BCUT2D eigenvalue weighted by Gasteiger charge is -2.09. The number of hydrogen-bond acceptors (Lipinski definition) is 5. The predicted octanol–water partition coefficient (Wildman–Crippen LogP) is 3.67. The molecule has 0 radical (unpaired) electrons. The van der Waals surface area contributed by atoms with Crippen LogP contribution in [0.1, 0.15) is 11.4 Å². The summed E-state index contributed by atoms with van der Waals surface area (Å²) in [7, 11) is 0. The molecule has 0 saturated carbocycles. The molecule has 116 valence electrons. The maximum absolute atomic E-state index is 12.6. The third-order valence-electron chi connectivity index (χ3n) is 2.57.